The van der Waals surface area contributed by atoms with Crippen molar-refractivity contribution in [3.8, 4) is 0 Å². The number of carbonyl (C=O) groups is 2. The molecule has 1 aromatic carbocycles. The number of nitrogens with one attached hydrogen (secondary N) is 1. The normalized spacial score (nSPS) is 14.6. The smallest absolute Gasteiger partial charge is 0.265 e. The minimum atomic E-state index is -3.97. The number of rotatable bonds is 8. The van der Waals surface area contributed by atoms with Gasteiger partial charge in [-0.2, -0.15) is 4.31 Å². The molecule has 0 saturated carbocycles. The van der Waals surface area contributed by atoms with Crippen LogP contribution in [0, 0.1) is 0 Å². The van der Waals surface area contributed by atoms with Crippen molar-refractivity contribution in [3.63, 3.8) is 0 Å². The summed E-state index contributed by atoms with van der Waals surface area (Å²) in [4.78, 5) is 26.0. The van der Waals surface area contributed by atoms with Crippen molar-refractivity contribution in [2.75, 3.05) is 49.6 Å². The van der Waals surface area contributed by atoms with E-state index in [2.05, 4.69) is 10.2 Å². The first-order valence-electron chi connectivity index (χ1n) is 9.91. The van der Waals surface area contributed by atoms with Gasteiger partial charge in [0, 0.05) is 44.3 Å². The van der Waals surface area contributed by atoms with Crippen molar-refractivity contribution in [3.05, 3.63) is 42.2 Å². The van der Waals surface area contributed by atoms with Crippen molar-refractivity contribution in [1.29, 1.82) is 0 Å². The maximum absolute atomic E-state index is 12.9. The van der Waals surface area contributed by atoms with Gasteiger partial charge in [-0.3, -0.25) is 9.59 Å². The maximum Gasteiger partial charge on any atom is 0.265 e. The van der Waals surface area contributed by atoms with E-state index in [1.807, 2.05) is 12.1 Å². The molecule has 3 N–H and O–H groups in total. The number of aryl methyl sites for hydroxylation is 1. The fourth-order valence-corrected chi connectivity index (χ4v) is 4.85. The quantitative estimate of drug-likeness (QED) is 0.608. The van der Waals surface area contributed by atoms with Crippen LogP contribution >= 0.6 is 0 Å². The molecule has 11 heteroatoms. The van der Waals surface area contributed by atoms with Crippen molar-refractivity contribution < 1.29 is 22.7 Å². The van der Waals surface area contributed by atoms with Crippen LogP contribution in [0.3, 0.4) is 0 Å². The molecule has 3 rings (SSSR count). The second-order valence-corrected chi connectivity index (χ2v) is 9.10. The largest absolute Gasteiger partial charge is 0.378 e. The number of hydrogen-bond donors (Lipinski definition) is 2. The van der Waals surface area contributed by atoms with E-state index < -0.39 is 21.8 Å². The molecule has 31 heavy (non-hydrogen) atoms. The average molecular weight is 450 g/mol. The zero-order valence-electron chi connectivity index (χ0n) is 17.6. The third-order valence-electron chi connectivity index (χ3n) is 5.07. The molecule has 2 aromatic rings. The summed E-state index contributed by atoms with van der Waals surface area (Å²) in [6.45, 7) is 4.36. The summed E-state index contributed by atoms with van der Waals surface area (Å²) >= 11 is 0. The number of nitrogens with two attached hydrogens (primary N) is 1. The van der Waals surface area contributed by atoms with Crippen LogP contribution in [-0.4, -0.2) is 68.5 Å². The van der Waals surface area contributed by atoms with Crippen molar-refractivity contribution >= 4 is 33.2 Å². The van der Waals surface area contributed by atoms with Gasteiger partial charge < -0.3 is 25.3 Å². The van der Waals surface area contributed by atoms with Crippen LogP contribution in [0.5, 0.6) is 0 Å². The number of benzene rings is 1. The molecule has 168 valence electrons. The summed E-state index contributed by atoms with van der Waals surface area (Å²) in [5, 5.41) is 2.73. The van der Waals surface area contributed by atoms with Crippen molar-refractivity contribution in [2.45, 2.75) is 11.8 Å². The van der Waals surface area contributed by atoms with Crippen LogP contribution < -0.4 is 16.0 Å². The summed E-state index contributed by atoms with van der Waals surface area (Å²) in [6, 6.07) is 8.59. The third kappa shape index (κ3) is 5.24. The second-order valence-electron chi connectivity index (χ2n) is 7.16. The first-order valence-corrected chi connectivity index (χ1v) is 11.3. The molecule has 1 saturated heterocycles. The molecule has 0 aliphatic carbocycles. The number of amides is 2. The Bertz CT molecular complexity index is 1040. The van der Waals surface area contributed by atoms with Gasteiger partial charge in [0.2, 0.25) is 15.9 Å². The predicted molar refractivity (Wildman–Crippen MR) is 116 cm³/mol. The Kier molecular flexibility index (Phi) is 6.98. The van der Waals surface area contributed by atoms with Gasteiger partial charge in [-0.15, -0.1) is 0 Å². The summed E-state index contributed by atoms with van der Waals surface area (Å²) in [5.41, 5.74) is 6.94. The number of hydrogen-bond acceptors (Lipinski definition) is 6. The van der Waals surface area contributed by atoms with Gasteiger partial charge in [0.15, 0.2) is 0 Å². The molecule has 10 nitrogen and oxygen atoms in total. The Labute approximate surface area is 181 Å². The topological polar surface area (TPSA) is 127 Å². The van der Waals surface area contributed by atoms with Crippen LogP contribution in [0.4, 0.5) is 11.4 Å². The lowest BCUT2D eigenvalue weighted by atomic mass is 10.2. The van der Waals surface area contributed by atoms with Crippen molar-refractivity contribution in [1.82, 2.24) is 8.87 Å². The number of sulfonamides is 1. The summed E-state index contributed by atoms with van der Waals surface area (Å²) < 4.78 is 33.6. The number of ether oxygens (including phenoxy) is 1. The number of aromatic nitrogens is 1. The van der Waals surface area contributed by atoms with Crippen molar-refractivity contribution in [2.24, 2.45) is 12.8 Å². The molecule has 0 bridgehead atoms. The average Bonchev–Trinajstić information content (AvgIpc) is 3.16. The Morgan fingerprint density at radius 3 is 2.39 bits per heavy atom. The molecule has 1 fully saturated rings. The van der Waals surface area contributed by atoms with Gasteiger partial charge in [-0.25, -0.2) is 8.42 Å². The molecule has 2 amide bonds. The highest BCUT2D eigenvalue weighted by Crippen LogP contribution is 2.20. The van der Waals surface area contributed by atoms with Crippen LogP contribution in [0.1, 0.15) is 17.4 Å². The first kappa shape index (κ1) is 22.8. The van der Waals surface area contributed by atoms with E-state index in [0.29, 0.717) is 18.9 Å². The van der Waals surface area contributed by atoms with E-state index in [1.54, 1.807) is 19.1 Å². The highest BCUT2D eigenvalue weighted by molar-refractivity contribution is 7.89. The van der Waals surface area contributed by atoms with E-state index in [4.69, 9.17) is 10.5 Å². The third-order valence-corrected chi connectivity index (χ3v) is 6.96. The van der Waals surface area contributed by atoms with E-state index in [1.165, 1.54) is 23.9 Å². The predicted octanol–water partition coefficient (Wildman–Crippen LogP) is 0.610. The Morgan fingerprint density at radius 1 is 1.19 bits per heavy atom. The highest BCUT2D eigenvalue weighted by atomic mass is 32.2. The molecular weight excluding hydrogens is 422 g/mol. The molecule has 0 atom stereocenters. The van der Waals surface area contributed by atoms with E-state index in [0.717, 1.165) is 23.1 Å². The molecule has 0 spiro atoms. The zero-order chi connectivity index (χ0) is 22.6. The Morgan fingerprint density at radius 2 is 1.84 bits per heavy atom. The van der Waals surface area contributed by atoms with Gasteiger partial charge in [0.25, 0.3) is 5.91 Å². The molecule has 1 aliphatic rings. The lowest BCUT2D eigenvalue weighted by Crippen LogP contribution is -2.37. The second kappa shape index (κ2) is 9.50. The number of carbonyl (C=O) groups excluding carboxylic acids is 2. The number of anilines is 2. The summed E-state index contributed by atoms with van der Waals surface area (Å²) in [5.74, 6) is -1.19. The lowest BCUT2D eigenvalue weighted by molar-refractivity contribution is -0.116. The molecule has 0 unspecified atom stereocenters. The van der Waals surface area contributed by atoms with Crippen LogP contribution in [0.25, 0.3) is 0 Å². The fourth-order valence-electron chi connectivity index (χ4n) is 3.37. The Hall–Kier alpha value is -2.89. The van der Waals surface area contributed by atoms with Crippen LogP contribution in [0.15, 0.2) is 41.4 Å². The molecular formula is C20H27N5O5S. The monoisotopic (exact) mass is 449 g/mol. The summed E-state index contributed by atoms with van der Waals surface area (Å²) in [7, 11) is -2.44. The standard InChI is InChI=1S/C20H27N5O5S/c1-3-25(31(28,29)17-12-18(20(21)27)23(2)13-17)14-19(26)22-15-4-6-16(7-5-15)24-8-10-30-11-9-24/h4-7,12-13H,3,8-11,14H2,1-2H3,(H2,21,27)(H,22,26). The van der Waals surface area contributed by atoms with Gasteiger partial charge in [0.05, 0.1) is 19.8 Å². The maximum atomic E-state index is 12.9. The molecule has 2 heterocycles. The number of morpholine rings is 1. The van der Waals surface area contributed by atoms with Gasteiger partial charge in [-0.05, 0) is 30.3 Å². The van der Waals surface area contributed by atoms with Gasteiger partial charge in [-0.1, -0.05) is 6.92 Å². The SMILES string of the molecule is CCN(CC(=O)Nc1ccc(N2CCOCC2)cc1)S(=O)(=O)c1cc(C(N)=O)n(C)c1. The number of nitrogens with zero attached hydrogens (tertiary/aromatic N) is 3. The first-order chi connectivity index (χ1) is 14.7. The number of likely N-dealkylation sites (N-methyl/N-ethyl adjacent to an activating group) is 1. The molecule has 0 radical (unpaired) electrons. The molecule has 1 aromatic heterocycles. The van der Waals surface area contributed by atoms with E-state index in [-0.39, 0.29) is 23.7 Å². The van der Waals surface area contributed by atoms with Crippen LogP contribution in [-0.2, 0) is 26.6 Å². The minimum absolute atomic E-state index is 0.0689. The molecule has 1 aliphatic heterocycles. The van der Waals surface area contributed by atoms with Gasteiger partial charge in [0.1, 0.15) is 10.6 Å². The lowest BCUT2D eigenvalue weighted by Gasteiger charge is -2.29. The zero-order valence-corrected chi connectivity index (χ0v) is 18.4. The highest BCUT2D eigenvalue weighted by Gasteiger charge is 2.28. The van der Waals surface area contributed by atoms with E-state index >= 15 is 0 Å². The van der Waals surface area contributed by atoms with E-state index in [9.17, 15) is 18.0 Å². The fraction of sp³-hybridized carbons (Fsp3) is 0.400. The summed E-state index contributed by atoms with van der Waals surface area (Å²) in [6.07, 6.45) is 1.31. The van der Waals surface area contributed by atoms with Gasteiger partial charge >= 0.3 is 0 Å². The number of primary amides is 1. The Balaban J connectivity index is 1.66. The van der Waals surface area contributed by atoms with Crippen LogP contribution in [0.2, 0.25) is 0 Å². The minimum Gasteiger partial charge on any atom is -0.378 e.